The number of hydrogen-bond acceptors (Lipinski definition) is 3. The Balaban J connectivity index is 2.00. The average Bonchev–Trinajstić information content (AvgIpc) is 2.79. The maximum Gasteiger partial charge on any atom is 0.149 e. The molecule has 0 unspecified atom stereocenters. The summed E-state index contributed by atoms with van der Waals surface area (Å²) in [6.45, 7) is 0. The van der Waals surface area contributed by atoms with Gasteiger partial charge in [-0.25, -0.2) is 14.1 Å². The average molecular weight is 232 g/mol. The Hall–Kier alpha value is -1.75. The molecule has 1 heterocycles. The molecule has 0 aliphatic heterocycles. The molecule has 1 aromatic heterocycles. The number of aromatic nitrogens is 3. The summed E-state index contributed by atoms with van der Waals surface area (Å²) in [5.41, 5.74) is 7.09. The lowest BCUT2D eigenvalue weighted by molar-refractivity contribution is 0.253. The van der Waals surface area contributed by atoms with Crippen molar-refractivity contribution in [2.75, 3.05) is 0 Å². The van der Waals surface area contributed by atoms with Crippen LogP contribution in [0.3, 0.4) is 0 Å². The maximum atomic E-state index is 14.0. The highest BCUT2D eigenvalue weighted by Crippen LogP contribution is 2.39. The molecule has 0 atom stereocenters. The van der Waals surface area contributed by atoms with Crippen molar-refractivity contribution in [1.29, 1.82) is 0 Å². The first kappa shape index (κ1) is 10.4. The van der Waals surface area contributed by atoms with E-state index in [-0.39, 0.29) is 11.4 Å². The molecule has 88 valence electrons. The molecule has 17 heavy (non-hydrogen) atoms. The number of rotatable bonds is 2. The van der Waals surface area contributed by atoms with Crippen molar-refractivity contribution in [3.63, 3.8) is 0 Å². The van der Waals surface area contributed by atoms with E-state index >= 15 is 0 Å². The van der Waals surface area contributed by atoms with Crippen molar-refractivity contribution in [1.82, 2.24) is 14.8 Å². The van der Waals surface area contributed by atoms with E-state index in [1.807, 2.05) is 6.07 Å². The second-order valence-corrected chi connectivity index (χ2v) is 4.52. The Morgan fingerprint density at radius 3 is 2.71 bits per heavy atom. The van der Waals surface area contributed by atoms with Gasteiger partial charge in [0.1, 0.15) is 24.2 Å². The van der Waals surface area contributed by atoms with Crippen molar-refractivity contribution >= 4 is 0 Å². The van der Waals surface area contributed by atoms with Crippen molar-refractivity contribution in [3.05, 3.63) is 42.2 Å². The fourth-order valence-electron chi connectivity index (χ4n) is 2.18. The molecule has 1 aromatic carbocycles. The number of hydrogen-bond donors (Lipinski definition) is 1. The predicted molar refractivity (Wildman–Crippen MR) is 61.0 cm³/mol. The third-order valence-electron chi connectivity index (χ3n) is 3.43. The van der Waals surface area contributed by atoms with Gasteiger partial charge in [0.25, 0.3) is 0 Å². The van der Waals surface area contributed by atoms with Gasteiger partial charge in [0.05, 0.1) is 0 Å². The summed E-state index contributed by atoms with van der Waals surface area (Å²) in [7, 11) is 0. The number of nitrogens with two attached hydrogens (primary N) is 1. The van der Waals surface area contributed by atoms with Crippen LogP contribution in [0.1, 0.15) is 24.8 Å². The second kappa shape index (κ2) is 3.63. The van der Waals surface area contributed by atoms with Crippen LogP contribution >= 0.6 is 0 Å². The lowest BCUT2D eigenvalue weighted by atomic mass is 9.73. The van der Waals surface area contributed by atoms with Gasteiger partial charge >= 0.3 is 0 Å². The maximum absolute atomic E-state index is 14.0. The van der Waals surface area contributed by atoms with Crippen LogP contribution < -0.4 is 5.73 Å². The van der Waals surface area contributed by atoms with Crippen LogP contribution in [0.5, 0.6) is 0 Å². The summed E-state index contributed by atoms with van der Waals surface area (Å²) in [4.78, 5) is 3.80. The van der Waals surface area contributed by atoms with Crippen molar-refractivity contribution in [2.45, 2.75) is 24.8 Å². The number of benzene rings is 1. The van der Waals surface area contributed by atoms with Gasteiger partial charge in [-0.1, -0.05) is 6.07 Å². The lowest BCUT2D eigenvalue weighted by Gasteiger charge is -2.38. The lowest BCUT2D eigenvalue weighted by Crippen LogP contribution is -2.43. The van der Waals surface area contributed by atoms with E-state index in [0.717, 1.165) is 24.8 Å². The quantitative estimate of drug-likeness (QED) is 0.858. The standard InChI is InChI=1S/C12H13FN4/c13-10-6-9(12(14)4-1-5-12)2-3-11(10)17-8-15-7-16-17/h2-3,6-8H,1,4-5,14H2. The molecule has 1 aliphatic carbocycles. The Labute approximate surface area is 98.3 Å². The highest BCUT2D eigenvalue weighted by molar-refractivity contribution is 5.38. The smallest absolute Gasteiger partial charge is 0.149 e. The van der Waals surface area contributed by atoms with Gasteiger partial charge < -0.3 is 5.73 Å². The molecular weight excluding hydrogens is 219 g/mol. The summed E-state index contributed by atoms with van der Waals surface area (Å²) in [6, 6.07) is 5.09. The first-order valence-corrected chi connectivity index (χ1v) is 5.63. The molecule has 0 spiro atoms. The zero-order chi connectivity index (χ0) is 11.9. The monoisotopic (exact) mass is 232 g/mol. The number of nitrogens with zero attached hydrogens (tertiary/aromatic N) is 3. The molecule has 0 amide bonds. The third-order valence-corrected chi connectivity index (χ3v) is 3.43. The second-order valence-electron chi connectivity index (χ2n) is 4.52. The van der Waals surface area contributed by atoms with Crippen LogP contribution in [-0.4, -0.2) is 14.8 Å². The normalized spacial score (nSPS) is 17.8. The van der Waals surface area contributed by atoms with Crippen LogP contribution in [0.15, 0.2) is 30.9 Å². The van der Waals surface area contributed by atoms with E-state index in [2.05, 4.69) is 10.1 Å². The summed E-state index contributed by atoms with van der Waals surface area (Å²) in [5, 5.41) is 3.91. The van der Waals surface area contributed by atoms with E-state index < -0.39 is 0 Å². The largest absolute Gasteiger partial charge is 0.321 e. The van der Waals surface area contributed by atoms with E-state index in [0.29, 0.717) is 5.69 Å². The minimum atomic E-state index is -0.332. The van der Waals surface area contributed by atoms with Gasteiger partial charge in [0.2, 0.25) is 0 Å². The molecule has 1 aliphatic rings. The Morgan fingerprint density at radius 1 is 1.35 bits per heavy atom. The molecular formula is C12H13FN4. The van der Waals surface area contributed by atoms with Gasteiger partial charge in [-0.2, -0.15) is 5.10 Å². The van der Waals surface area contributed by atoms with Crippen LogP contribution in [-0.2, 0) is 5.54 Å². The summed E-state index contributed by atoms with van der Waals surface area (Å²) >= 11 is 0. The first-order chi connectivity index (χ1) is 8.19. The third kappa shape index (κ3) is 1.63. The topological polar surface area (TPSA) is 56.7 Å². The minimum Gasteiger partial charge on any atom is -0.321 e. The fraction of sp³-hybridized carbons (Fsp3) is 0.333. The van der Waals surface area contributed by atoms with E-state index in [1.54, 1.807) is 6.07 Å². The predicted octanol–water partition coefficient (Wildman–Crippen LogP) is 1.74. The molecule has 1 fully saturated rings. The molecule has 2 aromatic rings. The zero-order valence-corrected chi connectivity index (χ0v) is 9.31. The Morgan fingerprint density at radius 2 is 2.18 bits per heavy atom. The SMILES string of the molecule is NC1(c2ccc(-n3cncn3)c(F)c2)CCC1. The molecule has 1 saturated carbocycles. The van der Waals surface area contributed by atoms with Gasteiger partial charge in [0, 0.05) is 5.54 Å². The van der Waals surface area contributed by atoms with E-state index in [4.69, 9.17) is 5.73 Å². The van der Waals surface area contributed by atoms with Gasteiger partial charge in [0.15, 0.2) is 0 Å². The van der Waals surface area contributed by atoms with E-state index in [1.165, 1.54) is 23.4 Å². The highest BCUT2D eigenvalue weighted by atomic mass is 19.1. The van der Waals surface area contributed by atoms with Crippen molar-refractivity contribution in [2.24, 2.45) is 5.73 Å². The highest BCUT2D eigenvalue weighted by Gasteiger charge is 2.34. The summed E-state index contributed by atoms with van der Waals surface area (Å²) < 4.78 is 15.4. The fourth-order valence-corrected chi connectivity index (χ4v) is 2.18. The van der Waals surface area contributed by atoms with Crippen molar-refractivity contribution in [3.8, 4) is 5.69 Å². The van der Waals surface area contributed by atoms with Gasteiger partial charge in [-0.15, -0.1) is 0 Å². The molecule has 4 nitrogen and oxygen atoms in total. The van der Waals surface area contributed by atoms with Gasteiger partial charge in [-0.05, 0) is 37.0 Å². The number of halogens is 1. The summed E-state index contributed by atoms with van der Waals surface area (Å²) in [5.74, 6) is -0.315. The Bertz CT molecular complexity index is 531. The first-order valence-electron chi connectivity index (χ1n) is 5.63. The molecule has 0 saturated heterocycles. The molecule has 5 heteroatoms. The molecule has 0 radical (unpaired) electrons. The van der Waals surface area contributed by atoms with Crippen LogP contribution in [0.2, 0.25) is 0 Å². The van der Waals surface area contributed by atoms with Crippen LogP contribution in [0.4, 0.5) is 4.39 Å². The molecule has 2 N–H and O–H groups in total. The van der Waals surface area contributed by atoms with E-state index in [9.17, 15) is 4.39 Å². The molecule has 0 bridgehead atoms. The van der Waals surface area contributed by atoms with Crippen LogP contribution in [0, 0.1) is 5.82 Å². The van der Waals surface area contributed by atoms with Gasteiger partial charge in [-0.3, -0.25) is 0 Å². The minimum absolute atomic E-state index is 0.315. The molecule has 3 rings (SSSR count). The zero-order valence-electron chi connectivity index (χ0n) is 9.31. The van der Waals surface area contributed by atoms with Crippen LogP contribution in [0.25, 0.3) is 5.69 Å². The Kier molecular flexibility index (Phi) is 2.22. The van der Waals surface area contributed by atoms with Crippen molar-refractivity contribution < 1.29 is 4.39 Å². The summed E-state index contributed by atoms with van der Waals surface area (Å²) in [6.07, 6.45) is 5.82.